The fraction of sp³-hybridized carbons (Fsp3) is 0.833. The highest BCUT2D eigenvalue weighted by Gasteiger charge is 2.33. The molecule has 2 saturated carbocycles. The Kier molecular flexibility index (Phi) is 9.81. The molecule has 4 saturated heterocycles. The van der Waals surface area contributed by atoms with Crippen molar-refractivity contribution in [3.8, 4) is 0 Å². The highest BCUT2D eigenvalue weighted by Crippen LogP contribution is 2.31. The van der Waals surface area contributed by atoms with Gasteiger partial charge in [0.15, 0.2) is 0 Å². The van der Waals surface area contributed by atoms with E-state index in [2.05, 4.69) is 0 Å². The van der Waals surface area contributed by atoms with Gasteiger partial charge in [0, 0.05) is 0 Å². The van der Waals surface area contributed by atoms with E-state index in [1.54, 1.807) is 0 Å². The van der Waals surface area contributed by atoms with Crippen molar-refractivity contribution in [2.75, 3.05) is 26.4 Å². The van der Waals surface area contributed by atoms with E-state index in [9.17, 15) is 19.2 Å². The third kappa shape index (κ3) is 7.48. The van der Waals surface area contributed by atoms with Gasteiger partial charge in [-0.25, -0.2) is 0 Å². The maximum Gasteiger partial charge on any atom is 0.308 e. The molecule has 0 atom stereocenters. The van der Waals surface area contributed by atoms with Crippen LogP contribution in [0.15, 0.2) is 0 Å². The second-order valence-corrected chi connectivity index (χ2v) is 9.18. The molecule has 0 aromatic rings. The Morgan fingerprint density at radius 3 is 0.750 bits per heavy atom. The molecule has 8 heteroatoms. The molecule has 6 fully saturated rings. The molecule has 0 N–H and O–H groups in total. The van der Waals surface area contributed by atoms with Crippen LogP contribution in [0.5, 0.6) is 0 Å². The van der Waals surface area contributed by atoms with Crippen LogP contribution in [0.1, 0.15) is 77.0 Å². The molecule has 6 rings (SSSR count). The van der Waals surface area contributed by atoms with Crippen molar-refractivity contribution < 1.29 is 38.1 Å². The molecule has 6 aliphatic rings. The summed E-state index contributed by atoms with van der Waals surface area (Å²) in [4.78, 5) is 49.0. The molecule has 0 radical (unpaired) electrons. The highest BCUT2D eigenvalue weighted by atomic mass is 16.5. The monoisotopic (exact) mass is 452 g/mol. The van der Waals surface area contributed by atoms with Gasteiger partial charge in [0.25, 0.3) is 0 Å². The second kappa shape index (κ2) is 12.8. The molecule has 8 nitrogen and oxygen atoms in total. The van der Waals surface area contributed by atoms with Crippen molar-refractivity contribution in [2.45, 2.75) is 77.0 Å². The summed E-state index contributed by atoms with van der Waals surface area (Å²) in [5, 5.41) is 0. The van der Waals surface area contributed by atoms with Crippen molar-refractivity contribution in [3.05, 3.63) is 0 Å². The zero-order valence-electron chi connectivity index (χ0n) is 18.9. The summed E-state index contributed by atoms with van der Waals surface area (Å²) in [7, 11) is 0. The maximum atomic E-state index is 12.3. The van der Waals surface area contributed by atoms with Gasteiger partial charge in [-0.15, -0.1) is 0 Å². The van der Waals surface area contributed by atoms with Crippen LogP contribution >= 0.6 is 0 Å². The van der Waals surface area contributed by atoms with Gasteiger partial charge in [-0.05, 0) is 77.0 Å². The normalized spacial score (nSPS) is 32.2. The van der Waals surface area contributed by atoms with E-state index in [0.29, 0.717) is 103 Å². The summed E-state index contributed by atoms with van der Waals surface area (Å²) >= 11 is 0. The lowest BCUT2D eigenvalue weighted by molar-refractivity contribution is -0.156. The standard InChI is InChI=1S/C24H36O8/c25-21-17-5-7-19(8-6-17)23(27)31-15-3-4-16-32-24(28)20-11-9-18(10-12-20)22(26)30-14-2-1-13-29-21/h17-20H,1-16H2. The minimum atomic E-state index is -0.199. The number of esters is 4. The van der Waals surface area contributed by atoms with Crippen LogP contribution < -0.4 is 0 Å². The average Bonchev–Trinajstić information content (AvgIpc) is 2.82. The van der Waals surface area contributed by atoms with Gasteiger partial charge in [-0.1, -0.05) is 0 Å². The van der Waals surface area contributed by atoms with E-state index in [1.807, 2.05) is 0 Å². The van der Waals surface area contributed by atoms with E-state index in [1.165, 1.54) is 0 Å². The number of hydrogen-bond acceptors (Lipinski definition) is 8. The lowest BCUT2D eigenvalue weighted by Crippen LogP contribution is -2.29. The number of ether oxygens (including phenoxy) is 4. The molecule has 0 aromatic heterocycles. The van der Waals surface area contributed by atoms with Crippen LogP contribution in [0.3, 0.4) is 0 Å². The van der Waals surface area contributed by atoms with E-state index >= 15 is 0 Å². The van der Waals surface area contributed by atoms with Crippen molar-refractivity contribution in [2.24, 2.45) is 23.7 Å². The van der Waals surface area contributed by atoms with Gasteiger partial charge in [0.2, 0.25) is 0 Å². The predicted molar refractivity (Wildman–Crippen MR) is 113 cm³/mol. The number of carbonyl (C=O) groups is 4. The maximum absolute atomic E-state index is 12.3. The van der Waals surface area contributed by atoms with Crippen LogP contribution in [0.2, 0.25) is 0 Å². The van der Waals surface area contributed by atoms with Crippen LogP contribution in [0.4, 0.5) is 0 Å². The van der Waals surface area contributed by atoms with Gasteiger partial charge < -0.3 is 18.9 Å². The minimum Gasteiger partial charge on any atom is -0.465 e. The number of hydrogen-bond donors (Lipinski definition) is 0. The first-order chi connectivity index (χ1) is 15.5. The van der Waals surface area contributed by atoms with E-state index in [-0.39, 0.29) is 47.5 Å². The zero-order valence-corrected chi connectivity index (χ0v) is 18.9. The molecular formula is C24H36O8. The summed E-state index contributed by atoms with van der Waals surface area (Å²) in [6.07, 6.45) is 7.62. The third-order valence-corrected chi connectivity index (χ3v) is 6.84. The Balaban J connectivity index is 1.48. The van der Waals surface area contributed by atoms with Crippen molar-refractivity contribution in [3.63, 3.8) is 0 Å². The SMILES string of the molecule is O=C1OCCCCOC(=O)C2CCC(CC2)C(=O)OCCCCOC(=O)C2CCC1CC2. The minimum absolute atomic E-state index is 0.160. The van der Waals surface area contributed by atoms with Crippen molar-refractivity contribution >= 4 is 23.9 Å². The van der Waals surface area contributed by atoms with Crippen LogP contribution in [-0.2, 0) is 38.1 Å². The smallest absolute Gasteiger partial charge is 0.308 e. The van der Waals surface area contributed by atoms with Gasteiger partial charge in [-0.2, -0.15) is 0 Å². The lowest BCUT2D eigenvalue weighted by Gasteiger charge is -2.26. The van der Waals surface area contributed by atoms with Crippen LogP contribution in [0.25, 0.3) is 0 Å². The molecule has 4 bridgehead atoms. The van der Waals surface area contributed by atoms with E-state index in [4.69, 9.17) is 18.9 Å². The van der Waals surface area contributed by atoms with Crippen LogP contribution in [0, 0.1) is 23.7 Å². The quantitative estimate of drug-likeness (QED) is 0.407. The molecule has 0 spiro atoms. The summed E-state index contributed by atoms with van der Waals surface area (Å²) in [6.45, 7) is 1.24. The summed E-state index contributed by atoms with van der Waals surface area (Å²) in [5.41, 5.74) is 0. The fourth-order valence-corrected chi connectivity index (χ4v) is 4.70. The van der Waals surface area contributed by atoms with Gasteiger partial charge >= 0.3 is 23.9 Å². The Hall–Kier alpha value is -2.12. The summed E-state index contributed by atoms with van der Waals surface area (Å²) in [5.74, 6) is -1.44. The van der Waals surface area contributed by atoms with Crippen molar-refractivity contribution in [1.82, 2.24) is 0 Å². The Morgan fingerprint density at radius 2 is 0.562 bits per heavy atom. The highest BCUT2D eigenvalue weighted by molar-refractivity contribution is 5.76. The Labute approximate surface area is 189 Å². The fourth-order valence-electron chi connectivity index (χ4n) is 4.70. The first-order valence-electron chi connectivity index (χ1n) is 12.2. The average molecular weight is 453 g/mol. The molecule has 32 heavy (non-hydrogen) atoms. The molecule has 4 heterocycles. The molecular weight excluding hydrogens is 416 g/mol. The predicted octanol–water partition coefficient (Wildman–Crippen LogP) is 3.35. The molecule has 0 amide bonds. The molecule has 2 aliphatic carbocycles. The Bertz CT molecular complexity index is 532. The van der Waals surface area contributed by atoms with Gasteiger partial charge in [0.05, 0.1) is 50.1 Å². The molecule has 0 unspecified atom stereocenters. The largest absolute Gasteiger partial charge is 0.465 e. The molecule has 4 aliphatic heterocycles. The third-order valence-electron chi connectivity index (χ3n) is 6.84. The molecule has 0 aromatic carbocycles. The van der Waals surface area contributed by atoms with E-state index in [0.717, 1.165) is 0 Å². The molecule has 180 valence electrons. The van der Waals surface area contributed by atoms with Gasteiger partial charge in [-0.3, -0.25) is 19.2 Å². The topological polar surface area (TPSA) is 105 Å². The lowest BCUT2D eigenvalue weighted by atomic mass is 9.82. The van der Waals surface area contributed by atoms with Gasteiger partial charge in [0.1, 0.15) is 0 Å². The van der Waals surface area contributed by atoms with Crippen molar-refractivity contribution in [1.29, 1.82) is 0 Å². The van der Waals surface area contributed by atoms with E-state index < -0.39 is 0 Å². The first kappa shape index (κ1) is 24.5. The number of rotatable bonds is 0. The first-order valence-corrected chi connectivity index (χ1v) is 12.2. The summed E-state index contributed by atoms with van der Waals surface area (Å²) in [6, 6.07) is 0. The van der Waals surface area contributed by atoms with Crippen LogP contribution in [-0.4, -0.2) is 50.3 Å². The zero-order chi connectivity index (χ0) is 22.8. The number of carbonyl (C=O) groups excluding carboxylic acids is 4. The summed E-state index contributed by atoms with van der Waals surface area (Å²) < 4.78 is 21.5. The Morgan fingerprint density at radius 1 is 0.375 bits per heavy atom. The second-order valence-electron chi connectivity index (χ2n) is 9.18.